The van der Waals surface area contributed by atoms with Crippen LogP contribution in [0.15, 0.2) is 18.2 Å². The summed E-state index contributed by atoms with van der Waals surface area (Å²) in [5.41, 5.74) is -0.201. The Balaban J connectivity index is 2.34. The second kappa shape index (κ2) is 12.2. The average Bonchev–Trinajstić information content (AvgIpc) is 2.79. The Morgan fingerprint density at radius 3 is 2.31 bits per heavy atom. The molecule has 2 amide bonds. The summed E-state index contributed by atoms with van der Waals surface area (Å²) in [6, 6.07) is 2.72. The fourth-order valence-electron chi connectivity index (χ4n) is 3.80. The Morgan fingerprint density at radius 1 is 1.06 bits per heavy atom. The number of cyclic esters (lactones) is 2. The molecule has 0 bridgehead atoms. The van der Waals surface area contributed by atoms with Crippen LogP contribution in [0.2, 0.25) is 0 Å². The average molecular weight is 493 g/mol. The van der Waals surface area contributed by atoms with E-state index in [0.717, 1.165) is 6.42 Å². The van der Waals surface area contributed by atoms with Crippen molar-refractivity contribution in [3.05, 3.63) is 23.8 Å². The highest BCUT2D eigenvalue weighted by Gasteiger charge is 2.43. The van der Waals surface area contributed by atoms with Gasteiger partial charge in [0.05, 0.1) is 17.2 Å². The van der Waals surface area contributed by atoms with Crippen LogP contribution in [0.1, 0.15) is 64.2 Å². The molecule has 0 saturated carbocycles. The summed E-state index contributed by atoms with van der Waals surface area (Å²) >= 11 is 0. The number of nitrogens with one attached hydrogen (secondary N) is 2. The van der Waals surface area contributed by atoms with Crippen molar-refractivity contribution in [2.24, 2.45) is 5.92 Å². The highest BCUT2D eigenvalue weighted by molar-refractivity contribution is 6.02. The standard InChI is InChI=1S/C24H32N2O9/c1-6-7-9-17-21(35-15(5)28)13(3)34-24(32)19(12(2)33-23(17)31)26-22(30)16-10-8-11-18(20(16)29)25-14(4)27/h8,10-13,17,19,21,29H,6-7,9H2,1-5H3,(H,25,27)(H,26,30)/t12-,13+,17-,19+,21+/m1/s1. The van der Waals surface area contributed by atoms with Crippen molar-refractivity contribution < 1.29 is 43.3 Å². The Labute approximate surface area is 203 Å². The molecule has 0 unspecified atom stereocenters. The molecule has 1 heterocycles. The number of para-hydroxylation sites is 1. The van der Waals surface area contributed by atoms with Crippen LogP contribution in [-0.2, 0) is 33.4 Å². The minimum absolute atomic E-state index is 0.0123. The lowest BCUT2D eigenvalue weighted by Gasteiger charge is -2.28. The summed E-state index contributed by atoms with van der Waals surface area (Å²) in [5, 5.41) is 15.2. The summed E-state index contributed by atoms with van der Waals surface area (Å²) < 4.78 is 16.3. The van der Waals surface area contributed by atoms with E-state index < -0.39 is 65.7 Å². The first-order chi connectivity index (χ1) is 16.5. The topological polar surface area (TPSA) is 157 Å². The largest absolute Gasteiger partial charge is 0.505 e. The molecule has 1 fully saturated rings. The van der Waals surface area contributed by atoms with Crippen LogP contribution in [0, 0.1) is 5.92 Å². The van der Waals surface area contributed by atoms with E-state index in [1.807, 2.05) is 6.92 Å². The number of rotatable bonds is 7. The summed E-state index contributed by atoms with van der Waals surface area (Å²) in [4.78, 5) is 61.9. The molecule has 0 radical (unpaired) electrons. The predicted octanol–water partition coefficient (Wildman–Crippen LogP) is 2.06. The fraction of sp³-hybridized carbons (Fsp3) is 0.542. The lowest BCUT2D eigenvalue weighted by molar-refractivity contribution is -0.173. The molecule has 192 valence electrons. The quantitative estimate of drug-likeness (QED) is 0.294. The number of amides is 2. The van der Waals surface area contributed by atoms with Crippen molar-refractivity contribution in [1.82, 2.24) is 5.32 Å². The Hall–Kier alpha value is -3.63. The number of anilines is 1. The Bertz CT molecular complexity index is 978. The molecular weight excluding hydrogens is 460 g/mol. The zero-order chi connectivity index (χ0) is 26.3. The number of ether oxygens (including phenoxy) is 3. The first kappa shape index (κ1) is 27.6. The lowest BCUT2D eigenvalue weighted by atomic mass is 9.92. The normalized spacial score (nSPS) is 24.7. The van der Waals surface area contributed by atoms with Crippen LogP contribution in [0.5, 0.6) is 5.75 Å². The molecule has 11 heteroatoms. The van der Waals surface area contributed by atoms with Gasteiger partial charge >= 0.3 is 17.9 Å². The number of aromatic hydroxyl groups is 1. The summed E-state index contributed by atoms with van der Waals surface area (Å²) in [5.74, 6) is -4.90. The molecule has 1 aromatic carbocycles. The maximum Gasteiger partial charge on any atom is 0.332 e. The van der Waals surface area contributed by atoms with E-state index in [1.54, 1.807) is 0 Å². The zero-order valence-electron chi connectivity index (χ0n) is 20.5. The third-order valence-corrected chi connectivity index (χ3v) is 5.54. The first-order valence-corrected chi connectivity index (χ1v) is 11.4. The van der Waals surface area contributed by atoms with Gasteiger partial charge in [0.25, 0.3) is 5.91 Å². The molecule has 2 rings (SSSR count). The Kier molecular flexibility index (Phi) is 9.61. The van der Waals surface area contributed by atoms with Gasteiger partial charge in [-0.15, -0.1) is 0 Å². The molecule has 1 aliphatic rings. The number of esters is 3. The minimum Gasteiger partial charge on any atom is -0.505 e. The van der Waals surface area contributed by atoms with Crippen molar-refractivity contribution in [3.8, 4) is 5.75 Å². The number of phenols is 1. The first-order valence-electron chi connectivity index (χ1n) is 11.4. The smallest absolute Gasteiger partial charge is 0.332 e. The van der Waals surface area contributed by atoms with Gasteiger partial charge in [0, 0.05) is 13.8 Å². The molecule has 0 spiro atoms. The van der Waals surface area contributed by atoms with E-state index in [4.69, 9.17) is 14.2 Å². The summed E-state index contributed by atoms with van der Waals surface area (Å²) in [7, 11) is 0. The highest BCUT2D eigenvalue weighted by Crippen LogP contribution is 2.29. The van der Waals surface area contributed by atoms with Gasteiger partial charge < -0.3 is 30.0 Å². The molecule has 3 N–H and O–H groups in total. The molecule has 5 atom stereocenters. The molecular formula is C24H32N2O9. The molecule has 1 aliphatic heterocycles. The van der Waals surface area contributed by atoms with Gasteiger partial charge in [-0.3, -0.25) is 19.2 Å². The summed E-state index contributed by atoms with van der Waals surface area (Å²) in [6.45, 7) is 7.29. The third kappa shape index (κ3) is 7.17. The molecule has 0 aromatic heterocycles. The number of unbranched alkanes of at least 4 members (excludes halogenated alkanes) is 1. The monoisotopic (exact) mass is 492 g/mol. The number of hydrogen-bond acceptors (Lipinski definition) is 9. The third-order valence-electron chi connectivity index (χ3n) is 5.54. The number of phenolic OH excluding ortho intramolecular Hbond substituents is 1. The molecule has 1 aromatic rings. The van der Waals surface area contributed by atoms with E-state index in [2.05, 4.69) is 10.6 Å². The van der Waals surface area contributed by atoms with Crippen molar-refractivity contribution in [2.45, 2.75) is 78.2 Å². The predicted molar refractivity (Wildman–Crippen MR) is 123 cm³/mol. The van der Waals surface area contributed by atoms with Gasteiger partial charge in [-0.1, -0.05) is 25.8 Å². The molecule has 35 heavy (non-hydrogen) atoms. The van der Waals surface area contributed by atoms with Crippen LogP contribution in [-0.4, -0.2) is 59.2 Å². The maximum absolute atomic E-state index is 13.0. The van der Waals surface area contributed by atoms with Crippen LogP contribution in [0.3, 0.4) is 0 Å². The van der Waals surface area contributed by atoms with Gasteiger partial charge in [-0.2, -0.15) is 0 Å². The van der Waals surface area contributed by atoms with Crippen molar-refractivity contribution in [1.29, 1.82) is 0 Å². The second-order valence-corrected chi connectivity index (χ2v) is 8.44. The van der Waals surface area contributed by atoms with Crippen molar-refractivity contribution in [3.63, 3.8) is 0 Å². The lowest BCUT2D eigenvalue weighted by Crippen LogP contribution is -2.50. The van der Waals surface area contributed by atoms with E-state index in [-0.39, 0.29) is 11.3 Å². The van der Waals surface area contributed by atoms with Crippen LogP contribution in [0.4, 0.5) is 5.69 Å². The maximum atomic E-state index is 13.0. The number of benzene rings is 1. The van der Waals surface area contributed by atoms with Gasteiger partial charge in [0.2, 0.25) is 5.91 Å². The van der Waals surface area contributed by atoms with Gasteiger partial charge in [0.15, 0.2) is 17.9 Å². The van der Waals surface area contributed by atoms with Crippen LogP contribution in [0.25, 0.3) is 0 Å². The number of carbonyl (C=O) groups is 5. The van der Waals surface area contributed by atoms with E-state index in [9.17, 15) is 29.1 Å². The fourth-order valence-corrected chi connectivity index (χ4v) is 3.80. The molecule has 0 aliphatic carbocycles. The second-order valence-electron chi connectivity index (χ2n) is 8.44. The van der Waals surface area contributed by atoms with Gasteiger partial charge in [-0.05, 0) is 32.4 Å². The van der Waals surface area contributed by atoms with E-state index in [1.165, 1.54) is 45.9 Å². The number of hydrogen-bond donors (Lipinski definition) is 3. The van der Waals surface area contributed by atoms with Gasteiger partial charge in [-0.25, -0.2) is 4.79 Å². The van der Waals surface area contributed by atoms with Gasteiger partial charge in [0.1, 0.15) is 12.2 Å². The SMILES string of the molecule is CCCC[C@H]1C(=O)O[C@H](C)[C@H](NC(=O)c2cccc(NC(C)=O)c2O)C(=O)O[C@@H](C)[C@@H]1OC(C)=O. The van der Waals surface area contributed by atoms with E-state index >= 15 is 0 Å². The van der Waals surface area contributed by atoms with Crippen molar-refractivity contribution in [2.75, 3.05) is 5.32 Å². The summed E-state index contributed by atoms with van der Waals surface area (Å²) in [6.07, 6.45) is -1.41. The Morgan fingerprint density at radius 2 is 1.71 bits per heavy atom. The highest BCUT2D eigenvalue weighted by atomic mass is 16.6. The van der Waals surface area contributed by atoms with Crippen molar-refractivity contribution >= 4 is 35.4 Å². The molecule has 11 nitrogen and oxygen atoms in total. The van der Waals surface area contributed by atoms with E-state index in [0.29, 0.717) is 12.8 Å². The zero-order valence-corrected chi connectivity index (χ0v) is 20.5. The van der Waals surface area contributed by atoms with Crippen LogP contribution >= 0.6 is 0 Å². The number of carbonyl (C=O) groups excluding carboxylic acids is 5. The minimum atomic E-state index is -1.42. The van der Waals surface area contributed by atoms with Crippen LogP contribution < -0.4 is 10.6 Å². The molecule has 1 saturated heterocycles.